The Kier molecular flexibility index (Phi) is 5.75. The van der Waals surface area contributed by atoms with E-state index in [1.54, 1.807) is 24.3 Å². The van der Waals surface area contributed by atoms with Crippen molar-refractivity contribution < 1.29 is 18.3 Å². The lowest BCUT2D eigenvalue weighted by Crippen LogP contribution is -2.40. The molecule has 0 unspecified atom stereocenters. The maximum atomic E-state index is 12.9. The second-order valence-corrected chi connectivity index (χ2v) is 7.75. The maximum absolute atomic E-state index is 12.9. The molecule has 2 aromatic rings. The maximum Gasteiger partial charge on any atom is 0.243 e. The lowest BCUT2D eigenvalue weighted by molar-refractivity contribution is -0.311. The van der Waals surface area contributed by atoms with Crippen molar-refractivity contribution in [1.82, 2.24) is 4.31 Å². The third-order valence-corrected chi connectivity index (χ3v) is 5.57. The van der Waals surface area contributed by atoms with Gasteiger partial charge < -0.3 is 9.90 Å². The van der Waals surface area contributed by atoms with Crippen LogP contribution < -0.4 is 5.11 Å². The number of sulfonamides is 1. The summed E-state index contributed by atoms with van der Waals surface area (Å²) in [7, 11) is -3.80. The minimum Gasteiger partial charge on any atom is -0.550 e. The summed E-state index contributed by atoms with van der Waals surface area (Å²) >= 11 is 0. The summed E-state index contributed by atoms with van der Waals surface area (Å²) < 4.78 is 27.0. The van der Waals surface area contributed by atoms with Crippen molar-refractivity contribution in [3.63, 3.8) is 0 Å². The minimum atomic E-state index is -3.80. The number of rotatable bonds is 7. The molecule has 0 saturated heterocycles. The zero-order valence-corrected chi connectivity index (χ0v) is 14.5. The van der Waals surface area contributed by atoms with Gasteiger partial charge in [0.05, 0.1) is 4.90 Å². The minimum absolute atomic E-state index is 0.106. The largest absolute Gasteiger partial charge is 0.550 e. The summed E-state index contributed by atoms with van der Waals surface area (Å²) in [5, 5.41) is 11.1. The SMILES string of the molecule is Cc1ccc(S(=O)(=O)N(Cc2ccccc2)C[C@@H](C)C(=O)[O-])cc1. The summed E-state index contributed by atoms with van der Waals surface area (Å²) in [4.78, 5) is 11.2. The average molecular weight is 346 g/mol. The van der Waals surface area contributed by atoms with Crippen LogP contribution in [-0.2, 0) is 21.4 Å². The Hall–Kier alpha value is -2.18. The molecule has 24 heavy (non-hydrogen) atoms. The zero-order chi connectivity index (χ0) is 17.7. The van der Waals surface area contributed by atoms with Gasteiger partial charge >= 0.3 is 0 Å². The van der Waals surface area contributed by atoms with E-state index < -0.39 is 21.9 Å². The normalized spacial score (nSPS) is 13.0. The van der Waals surface area contributed by atoms with E-state index in [0.717, 1.165) is 11.1 Å². The van der Waals surface area contributed by atoms with Crippen LogP contribution in [0.25, 0.3) is 0 Å². The van der Waals surface area contributed by atoms with Crippen LogP contribution in [-0.4, -0.2) is 25.2 Å². The van der Waals surface area contributed by atoms with Gasteiger partial charge in [0.1, 0.15) is 0 Å². The highest BCUT2D eigenvalue weighted by Gasteiger charge is 2.26. The van der Waals surface area contributed by atoms with Crippen molar-refractivity contribution in [2.24, 2.45) is 5.92 Å². The van der Waals surface area contributed by atoms with Crippen LogP contribution in [0.1, 0.15) is 18.1 Å². The summed E-state index contributed by atoms with van der Waals surface area (Å²) in [6.45, 7) is 3.27. The molecular formula is C18H20NO4S-. The van der Waals surface area contributed by atoms with Gasteiger partial charge in [-0.15, -0.1) is 0 Å². The number of aliphatic carboxylic acids is 1. The molecule has 0 amide bonds. The van der Waals surface area contributed by atoms with Crippen molar-refractivity contribution in [2.75, 3.05) is 6.54 Å². The van der Waals surface area contributed by atoms with Crippen LogP contribution in [0.5, 0.6) is 0 Å². The molecule has 2 aromatic carbocycles. The van der Waals surface area contributed by atoms with E-state index in [-0.39, 0.29) is 18.0 Å². The molecule has 0 aliphatic rings. The molecule has 0 radical (unpaired) electrons. The highest BCUT2D eigenvalue weighted by atomic mass is 32.2. The van der Waals surface area contributed by atoms with Crippen LogP contribution in [0.15, 0.2) is 59.5 Å². The first kappa shape index (κ1) is 18.2. The molecule has 128 valence electrons. The molecule has 0 spiro atoms. The van der Waals surface area contributed by atoms with Gasteiger partial charge in [0.25, 0.3) is 0 Å². The third-order valence-electron chi connectivity index (χ3n) is 3.74. The van der Waals surface area contributed by atoms with E-state index in [1.165, 1.54) is 23.4 Å². The van der Waals surface area contributed by atoms with E-state index in [9.17, 15) is 18.3 Å². The van der Waals surface area contributed by atoms with Crippen molar-refractivity contribution in [3.05, 3.63) is 65.7 Å². The van der Waals surface area contributed by atoms with Gasteiger partial charge in [-0.05, 0) is 24.6 Å². The summed E-state index contributed by atoms with van der Waals surface area (Å²) in [5.41, 5.74) is 1.74. The van der Waals surface area contributed by atoms with Gasteiger partial charge in [-0.1, -0.05) is 55.0 Å². The molecular weight excluding hydrogens is 326 g/mol. The summed E-state index contributed by atoms with van der Waals surface area (Å²) in [6.07, 6.45) is 0. The van der Waals surface area contributed by atoms with Crippen molar-refractivity contribution in [1.29, 1.82) is 0 Å². The lowest BCUT2D eigenvalue weighted by atomic mass is 10.1. The Labute approximate surface area is 142 Å². The molecule has 0 saturated carbocycles. The van der Waals surface area contributed by atoms with Gasteiger partial charge in [0.2, 0.25) is 10.0 Å². The highest BCUT2D eigenvalue weighted by Crippen LogP contribution is 2.20. The number of nitrogens with zero attached hydrogens (tertiary/aromatic N) is 1. The first-order valence-electron chi connectivity index (χ1n) is 7.62. The first-order chi connectivity index (χ1) is 11.3. The monoisotopic (exact) mass is 346 g/mol. The fraction of sp³-hybridized carbons (Fsp3) is 0.278. The molecule has 0 heterocycles. The fourth-order valence-electron chi connectivity index (χ4n) is 2.27. The quantitative estimate of drug-likeness (QED) is 0.762. The predicted molar refractivity (Wildman–Crippen MR) is 89.4 cm³/mol. The predicted octanol–water partition coefficient (Wildman–Crippen LogP) is 1.57. The molecule has 6 heteroatoms. The Morgan fingerprint density at radius 2 is 1.67 bits per heavy atom. The van der Waals surface area contributed by atoms with Crippen LogP contribution in [0.2, 0.25) is 0 Å². The lowest BCUT2D eigenvalue weighted by Gasteiger charge is -2.26. The number of carbonyl (C=O) groups excluding carboxylic acids is 1. The highest BCUT2D eigenvalue weighted by molar-refractivity contribution is 7.89. The van der Waals surface area contributed by atoms with Gasteiger partial charge in [0, 0.05) is 25.0 Å². The summed E-state index contributed by atoms with van der Waals surface area (Å²) in [6, 6.07) is 15.6. The molecule has 0 bridgehead atoms. The van der Waals surface area contributed by atoms with Gasteiger partial charge in [-0.2, -0.15) is 4.31 Å². The number of aryl methyl sites for hydroxylation is 1. The van der Waals surface area contributed by atoms with Crippen LogP contribution in [0.3, 0.4) is 0 Å². The van der Waals surface area contributed by atoms with E-state index >= 15 is 0 Å². The fourth-order valence-corrected chi connectivity index (χ4v) is 3.79. The Morgan fingerprint density at radius 1 is 1.08 bits per heavy atom. The van der Waals surface area contributed by atoms with Crippen LogP contribution in [0.4, 0.5) is 0 Å². The number of hydrogen-bond acceptors (Lipinski definition) is 4. The molecule has 0 aliphatic carbocycles. The molecule has 0 aliphatic heterocycles. The first-order valence-corrected chi connectivity index (χ1v) is 9.06. The second kappa shape index (κ2) is 7.59. The molecule has 2 rings (SSSR count). The summed E-state index contributed by atoms with van der Waals surface area (Å²) in [5.74, 6) is -2.18. The van der Waals surface area contributed by atoms with E-state index in [2.05, 4.69) is 0 Å². The van der Waals surface area contributed by atoms with Crippen molar-refractivity contribution in [2.45, 2.75) is 25.3 Å². The van der Waals surface area contributed by atoms with E-state index in [0.29, 0.717) is 0 Å². The van der Waals surface area contributed by atoms with Crippen LogP contribution in [0, 0.1) is 12.8 Å². The van der Waals surface area contributed by atoms with Crippen molar-refractivity contribution in [3.8, 4) is 0 Å². The second-order valence-electron chi connectivity index (χ2n) is 5.82. The number of carboxylic acids is 1. The average Bonchev–Trinajstić information content (AvgIpc) is 2.55. The van der Waals surface area contributed by atoms with Gasteiger partial charge in [0.15, 0.2) is 0 Å². The molecule has 0 fully saturated rings. The molecule has 0 aromatic heterocycles. The smallest absolute Gasteiger partial charge is 0.243 e. The third kappa shape index (κ3) is 4.43. The zero-order valence-electron chi connectivity index (χ0n) is 13.7. The molecule has 0 N–H and O–H groups in total. The Bertz CT molecular complexity index is 786. The van der Waals surface area contributed by atoms with Crippen LogP contribution >= 0.6 is 0 Å². The van der Waals surface area contributed by atoms with Gasteiger partial charge in [-0.25, -0.2) is 8.42 Å². The standard InChI is InChI=1S/C18H21NO4S/c1-14-8-10-17(11-9-14)24(22,23)19(12-15(2)18(20)21)13-16-6-4-3-5-7-16/h3-11,15H,12-13H2,1-2H3,(H,20,21)/p-1/t15-/m1/s1. The Balaban J connectivity index is 2.36. The number of carboxylic acid groups (broad SMARTS) is 1. The van der Waals surface area contributed by atoms with E-state index in [1.807, 2.05) is 25.1 Å². The molecule has 1 atom stereocenters. The number of carbonyl (C=O) groups is 1. The Morgan fingerprint density at radius 3 is 2.21 bits per heavy atom. The topological polar surface area (TPSA) is 77.5 Å². The van der Waals surface area contributed by atoms with Gasteiger partial charge in [-0.3, -0.25) is 0 Å². The molecule has 5 nitrogen and oxygen atoms in total. The van der Waals surface area contributed by atoms with E-state index in [4.69, 9.17) is 0 Å². The number of hydrogen-bond donors (Lipinski definition) is 0. The number of benzene rings is 2. The van der Waals surface area contributed by atoms with Crippen molar-refractivity contribution >= 4 is 16.0 Å².